The van der Waals surface area contributed by atoms with E-state index in [9.17, 15) is 14.4 Å². The summed E-state index contributed by atoms with van der Waals surface area (Å²) >= 11 is 0. The van der Waals surface area contributed by atoms with Crippen molar-refractivity contribution >= 4 is 17.8 Å². The van der Waals surface area contributed by atoms with Crippen molar-refractivity contribution in [3.8, 4) is 0 Å². The average Bonchev–Trinajstić information content (AvgIpc) is 2.80. The molecule has 140 valence electrons. The van der Waals surface area contributed by atoms with E-state index in [0.29, 0.717) is 13.0 Å². The minimum Gasteiger partial charge on any atom is -0.356 e. The normalized spacial score (nSPS) is 19.7. The van der Waals surface area contributed by atoms with Crippen molar-refractivity contribution in [3.63, 3.8) is 0 Å². The predicted molar refractivity (Wildman–Crippen MR) is 94.5 cm³/mol. The molecule has 1 N–H and O–H groups in total. The number of hydrogen-bond donors (Lipinski definition) is 1. The molecule has 1 aromatic rings. The molecule has 1 aliphatic carbocycles. The largest absolute Gasteiger partial charge is 0.356 e. The summed E-state index contributed by atoms with van der Waals surface area (Å²) in [6.45, 7) is 2.43. The number of urea groups is 1. The van der Waals surface area contributed by atoms with Gasteiger partial charge in [-0.2, -0.15) is 0 Å². The Morgan fingerprint density at radius 3 is 2.62 bits per heavy atom. The number of carbonyl (C=O) groups excluding carboxylic acids is 3. The summed E-state index contributed by atoms with van der Waals surface area (Å²) in [5.74, 6) is 0.140. The molecular weight excluding hydrogens is 334 g/mol. The average molecular weight is 359 g/mol. The van der Waals surface area contributed by atoms with Crippen LogP contribution in [0.15, 0.2) is 0 Å². The zero-order valence-corrected chi connectivity index (χ0v) is 15.5. The summed E-state index contributed by atoms with van der Waals surface area (Å²) in [7, 11) is 2.96. The molecule has 1 aromatic heterocycles. The fourth-order valence-corrected chi connectivity index (χ4v) is 3.60. The van der Waals surface area contributed by atoms with Crippen molar-refractivity contribution in [2.45, 2.75) is 51.5 Å². The molecule has 2 aliphatic rings. The van der Waals surface area contributed by atoms with Crippen LogP contribution in [0.5, 0.6) is 0 Å². The van der Waals surface area contributed by atoms with Gasteiger partial charge in [-0.25, -0.2) is 14.8 Å². The molecule has 3 rings (SSSR count). The molecule has 0 spiro atoms. The van der Waals surface area contributed by atoms with E-state index in [-0.39, 0.29) is 24.3 Å². The Morgan fingerprint density at radius 2 is 1.92 bits per heavy atom. The van der Waals surface area contributed by atoms with Crippen LogP contribution in [0.4, 0.5) is 4.79 Å². The van der Waals surface area contributed by atoms with Gasteiger partial charge in [0.25, 0.3) is 5.91 Å². The van der Waals surface area contributed by atoms with Crippen molar-refractivity contribution < 1.29 is 14.4 Å². The van der Waals surface area contributed by atoms with Crippen molar-refractivity contribution in [1.29, 1.82) is 0 Å². The van der Waals surface area contributed by atoms with Crippen molar-refractivity contribution in [3.05, 3.63) is 22.8 Å². The first-order valence-electron chi connectivity index (χ1n) is 9.04. The number of nitrogens with one attached hydrogen (secondary N) is 1. The van der Waals surface area contributed by atoms with E-state index < -0.39 is 6.04 Å². The lowest BCUT2D eigenvalue weighted by Gasteiger charge is -2.18. The zero-order valence-electron chi connectivity index (χ0n) is 15.5. The molecule has 0 unspecified atom stereocenters. The smallest absolute Gasteiger partial charge is 0.326 e. The van der Waals surface area contributed by atoms with Gasteiger partial charge in [0, 0.05) is 38.4 Å². The van der Waals surface area contributed by atoms with Gasteiger partial charge < -0.3 is 10.2 Å². The number of imide groups is 1. The van der Waals surface area contributed by atoms with Crippen LogP contribution in [0, 0.1) is 6.92 Å². The summed E-state index contributed by atoms with van der Waals surface area (Å²) in [5.41, 5.74) is 3.46. The summed E-state index contributed by atoms with van der Waals surface area (Å²) in [4.78, 5) is 47.4. The highest BCUT2D eigenvalue weighted by molar-refractivity contribution is 6.05. The minimum atomic E-state index is -0.727. The van der Waals surface area contributed by atoms with Gasteiger partial charge in [0.2, 0.25) is 5.91 Å². The monoisotopic (exact) mass is 359 g/mol. The molecule has 26 heavy (non-hydrogen) atoms. The molecule has 1 atom stereocenters. The second-order valence-electron chi connectivity index (χ2n) is 6.97. The number of aryl methyl sites for hydroxylation is 2. The van der Waals surface area contributed by atoms with Crippen LogP contribution in [0.3, 0.4) is 0 Å². The maximum atomic E-state index is 12.1. The summed E-state index contributed by atoms with van der Waals surface area (Å²) in [6.07, 6.45) is 4.92. The fourth-order valence-electron chi connectivity index (χ4n) is 3.60. The lowest BCUT2D eigenvalue weighted by atomic mass is 9.95. The van der Waals surface area contributed by atoms with Crippen molar-refractivity contribution in [2.24, 2.45) is 0 Å². The molecule has 0 aromatic carbocycles. The number of carbonyl (C=O) groups is 3. The van der Waals surface area contributed by atoms with E-state index in [1.54, 1.807) is 0 Å². The Morgan fingerprint density at radius 1 is 1.19 bits per heavy atom. The van der Waals surface area contributed by atoms with Gasteiger partial charge in [-0.3, -0.25) is 14.5 Å². The second-order valence-corrected chi connectivity index (χ2v) is 6.97. The Labute approximate surface area is 153 Å². The molecule has 0 bridgehead atoms. The highest BCUT2D eigenvalue weighted by Gasteiger charge is 2.41. The van der Waals surface area contributed by atoms with E-state index in [0.717, 1.165) is 41.4 Å². The standard InChI is InChI=1S/C18H25N5O3/c1-11-12-6-4-5-7-13(12)21-15(20-11)8-9-19-16(24)10-14-17(25)23(3)18(26)22(14)2/h14H,4-10H2,1-3H3,(H,19,24)/t14-/m0/s1. The molecule has 8 heteroatoms. The number of hydrogen-bond acceptors (Lipinski definition) is 5. The first kappa shape index (κ1) is 18.3. The molecule has 2 heterocycles. The number of aromatic nitrogens is 2. The predicted octanol–water partition coefficient (Wildman–Crippen LogP) is 0.605. The topological polar surface area (TPSA) is 95.5 Å². The van der Waals surface area contributed by atoms with Gasteiger partial charge in [-0.15, -0.1) is 0 Å². The second kappa shape index (κ2) is 7.39. The molecular formula is C18H25N5O3. The van der Waals surface area contributed by atoms with Gasteiger partial charge >= 0.3 is 6.03 Å². The Hall–Kier alpha value is -2.51. The third kappa shape index (κ3) is 3.54. The number of amides is 4. The molecule has 1 aliphatic heterocycles. The molecule has 0 saturated carbocycles. The zero-order chi connectivity index (χ0) is 18.8. The minimum absolute atomic E-state index is 0.0323. The lowest BCUT2D eigenvalue weighted by Crippen LogP contribution is -2.38. The fraction of sp³-hybridized carbons (Fsp3) is 0.611. The first-order chi connectivity index (χ1) is 12.4. The van der Waals surface area contributed by atoms with Crippen LogP contribution in [0.2, 0.25) is 0 Å². The first-order valence-corrected chi connectivity index (χ1v) is 9.04. The van der Waals surface area contributed by atoms with Crippen molar-refractivity contribution in [1.82, 2.24) is 25.1 Å². The van der Waals surface area contributed by atoms with Crippen molar-refractivity contribution in [2.75, 3.05) is 20.6 Å². The molecule has 1 saturated heterocycles. The number of likely N-dealkylation sites (N-methyl/N-ethyl adjacent to an activating group) is 2. The van der Waals surface area contributed by atoms with Crippen LogP contribution < -0.4 is 5.32 Å². The highest BCUT2D eigenvalue weighted by atomic mass is 16.2. The summed E-state index contributed by atoms with van der Waals surface area (Å²) in [5, 5.41) is 2.80. The van der Waals surface area contributed by atoms with Gasteiger partial charge in [0.1, 0.15) is 11.9 Å². The Kier molecular flexibility index (Phi) is 5.20. The molecule has 1 fully saturated rings. The van der Waals surface area contributed by atoms with Crippen LogP contribution in [-0.4, -0.2) is 64.3 Å². The maximum Gasteiger partial charge on any atom is 0.326 e. The van der Waals surface area contributed by atoms with Crippen LogP contribution in [0.25, 0.3) is 0 Å². The van der Waals surface area contributed by atoms with E-state index >= 15 is 0 Å². The Balaban J connectivity index is 1.52. The van der Waals surface area contributed by atoms with E-state index in [2.05, 4.69) is 15.3 Å². The molecule has 0 radical (unpaired) electrons. The number of nitrogens with zero attached hydrogens (tertiary/aromatic N) is 4. The number of rotatable bonds is 5. The summed E-state index contributed by atoms with van der Waals surface area (Å²) < 4.78 is 0. The third-order valence-electron chi connectivity index (χ3n) is 5.16. The van der Waals surface area contributed by atoms with Gasteiger partial charge in [0.05, 0.1) is 6.42 Å². The lowest BCUT2D eigenvalue weighted by molar-refractivity contribution is -0.131. The maximum absolute atomic E-state index is 12.1. The van der Waals surface area contributed by atoms with E-state index in [1.807, 2.05) is 6.92 Å². The SMILES string of the molecule is Cc1nc(CCNC(=O)C[C@H]2C(=O)N(C)C(=O)N2C)nc2c1CCCC2. The van der Waals surface area contributed by atoms with Crippen LogP contribution in [-0.2, 0) is 28.9 Å². The highest BCUT2D eigenvalue weighted by Crippen LogP contribution is 2.21. The Bertz CT molecular complexity index is 749. The van der Waals surface area contributed by atoms with Crippen LogP contribution >= 0.6 is 0 Å². The van der Waals surface area contributed by atoms with Gasteiger partial charge in [-0.05, 0) is 38.2 Å². The van der Waals surface area contributed by atoms with E-state index in [1.165, 1.54) is 31.0 Å². The van der Waals surface area contributed by atoms with Crippen LogP contribution in [0.1, 0.15) is 42.0 Å². The molecule has 8 nitrogen and oxygen atoms in total. The molecule has 4 amide bonds. The third-order valence-corrected chi connectivity index (χ3v) is 5.16. The van der Waals surface area contributed by atoms with E-state index in [4.69, 9.17) is 0 Å². The number of fused-ring (bicyclic) bond motifs is 1. The van der Waals surface area contributed by atoms with Gasteiger partial charge in [0.15, 0.2) is 0 Å². The van der Waals surface area contributed by atoms with Gasteiger partial charge in [-0.1, -0.05) is 0 Å². The summed E-state index contributed by atoms with van der Waals surface area (Å²) in [6, 6.07) is -1.11. The quantitative estimate of drug-likeness (QED) is 0.777.